The molecule has 42 heavy (non-hydrogen) atoms. The van der Waals surface area contributed by atoms with Gasteiger partial charge in [-0.1, -0.05) is 20.8 Å². The molecular formula is C30H36N6O6. The van der Waals surface area contributed by atoms with Gasteiger partial charge < -0.3 is 29.9 Å². The molecule has 0 aromatic carbocycles. The van der Waals surface area contributed by atoms with Crippen LogP contribution in [0.2, 0.25) is 0 Å². The van der Waals surface area contributed by atoms with Gasteiger partial charge in [0.15, 0.2) is 11.6 Å². The van der Waals surface area contributed by atoms with E-state index in [0.29, 0.717) is 29.9 Å². The Morgan fingerprint density at radius 2 is 2.00 bits per heavy atom. The highest BCUT2D eigenvalue weighted by Gasteiger charge is 2.74. The second-order valence-corrected chi connectivity index (χ2v) is 14.2. The predicted octanol–water partition coefficient (Wildman–Crippen LogP) is 1.92. The molecular weight excluding hydrogens is 540 g/mol. The molecule has 7 atom stereocenters. The number of ether oxygens (including phenoxy) is 2. The Balaban J connectivity index is 1.23. The van der Waals surface area contributed by atoms with Crippen molar-refractivity contribution < 1.29 is 28.7 Å². The Kier molecular flexibility index (Phi) is 5.66. The van der Waals surface area contributed by atoms with E-state index in [4.69, 9.17) is 9.47 Å². The summed E-state index contributed by atoms with van der Waals surface area (Å²) in [5.41, 5.74) is -1.93. The smallest absolute Gasteiger partial charge is 0.407 e. The molecule has 2 N–H and O–H groups in total. The van der Waals surface area contributed by atoms with Crippen molar-refractivity contribution in [1.29, 1.82) is 5.26 Å². The second kappa shape index (κ2) is 8.82. The molecule has 0 radical (unpaired) electrons. The van der Waals surface area contributed by atoms with Crippen molar-refractivity contribution in [2.24, 2.45) is 34.5 Å². The Labute approximate surface area is 244 Å². The number of nitriles is 1. The van der Waals surface area contributed by atoms with E-state index < -0.39 is 41.1 Å². The second-order valence-electron chi connectivity index (χ2n) is 14.2. The Morgan fingerprint density at radius 1 is 1.24 bits per heavy atom. The summed E-state index contributed by atoms with van der Waals surface area (Å²) in [6, 6.07) is 3.00. The summed E-state index contributed by atoms with van der Waals surface area (Å²) in [5.74, 6) is 0.636. The molecule has 6 fully saturated rings. The molecule has 4 aliphatic carbocycles. The van der Waals surface area contributed by atoms with Crippen LogP contribution in [0.1, 0.15) is 46.5 Å². The number of hydrogen-bond donors (Lipinski definition) is 2. The van der Waals surface area contributed by atoms with Crippen molar-refractivity contribution in [2.45, 2.75) is 70.2 Å². The minimum absolute atomic E-state index is 0.00860. The van der Waals surface area contributed by atoms with Gasteiger partial charge in [-0.3, -0.25) is 14.4 Å². The van der Waals surface area contributed by atoms with Gasteiger partial charge in [0, 0.05) is 19.2 Å². The van der Waals surface area contributed by atoms with Gasteiger partial charge in [0.05, 0.1) is 19.7 Å². The fraction of sp³-hybridized carbons (Fsp3) is 0.667. The molecule has 1 aromatic rings. The first kappa shape index (κ1) is 27.0. The van der Waals surface area contributed by atoms with Crippen LogP contribution in [0.15, 0.2) is 18.3 Å². The highest BCUT2D eigenvalue weighted by molar-refractivity contribution is 6.01. The quantitative estimate of drug-likeness (QED) is 0.553. The maximum absolute atomic E-state index is 14.7. The molecule has 8 rings (SSSR count). The number of anilines is 1. The highest BCUT2D eigenvalue weighted by Crippen LogP contribution is 2.77. The van der Waals surface area contributed by atoms with Gasteiger partial charge in [-0.15, -0.1) is 0 Å². The fourth-order valence-electron chi connectivity index (χ4n) is 9.19. The van der Waals surface area contributed by atoms with E-state index in [9.17, 15) is 24.4 Å². The zero-order valence-electron chi connectivity index (χ0n) is 24.3. The van der Waals surface area contributed by atoms with Gasteiger partial charge >= 0.3 is 6.09 Å². The molecule has 1 aromatic heterocycles. The number of pyridine rings is 1. The standard InChI is InChI=1S/C30H36N6O6/c1-28(2,3)22(33-27(40)41-4)25(38)35-13-18-20(17-11-29(18)8-15(17)9-29)21(35)24(37)36-14-30(10-16(36)12-31)26(39)34-23-19(42-30)6-5-7-32-23/h5-7,15-18,20-22H,8-11,13-14H2,1-4H3,(H,33,40)(H,32,34,39). The van der Waals surface area contributed by atoms with Gasteiger partial charge in [-0.05, 0) is 65.9 Å². The summed E-state index contributed by atoms with van der Waals surface area (Å²) < 4.78 is 11.0. The van der Waals surface area contributed by atoms with Crippen molar-refractivity contribution >= 4 is 29.6 Å². The van der Waals surface area contributed by atoms with Gasteiger partial charge in [-0.25, -0.2) is 9.78 Å². The van der Waals surface area contributed by atoms with Gasteiger partial charge in [0.1, 0.15) is 18.1 Å². The van der Waals surface area contributed by atoms with Crippen LogP contribution >= 0.6 is 0 Å². The number of fused-ring (bicyclic) bond motifs is 2. The lowest BCUT2D eigenvalue weighted by Crippen LogP contribution is -2.60. The first-order chi connectivity index (χ1) is 19.9. The maximum Gasteiger partial charge on any atom is 0.407 e. The van der Waals surface area contributed by atoms with Crippen LogP contribution in [0.3, 0.4) is 0 Å². The summed E-state index contributed by atoms with van der Waals surface area (Å²) in [6.07, 6.45) is 4.19. The summed E-state index contributed by atoms with van der Waals surface area (Å²) in [4.78, 5) is 61.9. The van der Waals surface area contributed by atoms with Crippen LogP contribution in [0, 0.1) is 45.8 Å². The Bertz CT molecular complexity index is 1430. The lowest BCUT2D eigenvalue weighted by atomic mass is 9.54. The van der Waals surface area contributed by atoms with E-state index in [1.165, 1.54) is 12.0 Å². The predicted molar refractivity (Wildman–Crippen MR) is 146 cm³/mol. The molecule has 2 spiro atoms. The number of nitrogens with zero attached hydrogens (tertiary/aromatic N) is 4. The van der Waals surface area contributed by atoms with E-state index in [-0.39, 0.29) is 42.0 Å². The zero-order chi connectivity index (χ0) is 29.8. The molecule has 7 unspecified atom stereocenters. The topological polar surface area (TPSA) is 154 Å². The van der Waals surface area contributed by atoms with Crippen LogP contribution in [0.5, 0.6) is 5.75 Å². The SMILES string of the molecule is COC(=O)NC(C(=O)N1CC2C(C3CC24CC3C4)C1C(=O)N1CC2(CC1C#N)Oc1cccnc1NC2=O)C(C)(C)C. The number of aromatic nitrogens is 1. The van der Waals surface area contributed by atoms with E-state index in [2.05, 4.69) is 21.7 Å². The summed E-state index contributed by atoms with van der Waals surface area (Å²) in [5, 5.41) is 15.7. The summed E-state index contributed by atoms with van der Waals surface area (Å²) in [7, 11) is 1.25. The van der Waals surface area contributed by atoms with Crippen LogP contribution in [-0.4, -0.2) is 82.5 Å². The Hall–Kier alpha value is -3.88. The Morgan fingerprint density at radius 3 is 2.69 bits per heavy atom. The first-order valence-electron chi connectivity index (χ1n) is 14.7. The number of methoxy groups -OCH3 is 1. The lowest BCUT2D eigenvalue weighted by molar-refractivity contribution is -0.149. The number of rotatable bonds is 3. The molecule has 12 nitrogen and oxygen atoms in total. The summed E-state index contributed by atoms with van der Waals surface area (Å²) >= 11 is 0. The lowest BCUT2D eigenvalue weighted by Gasteiger charge is -2.49. The van der Waals surface area contributed by atoms with Crippen molar-refractivity contribution in [2.75, 3.05) is 25.5 Å². The fourth-order valence-corrected chi connectivity index (χ4v) is 9.19. The van der Waals surface area contributed by atoms with Gasteiger partial charge in [0.25, 0.3) is 5.91 Å². The van der Waals surface area contributed by atoms with Crippen LogP contribution < -0.4 is 15.4 Å². The van der Waals surface area contributed by atoms with E-state index in [1.54, 1.807) is 23.2 Å². The number of nitrogens with one attached hydrogen (secondary N) is 2. The average Bonchev–Trinajstić information content (AvgIpc) is 3.73. The van der Waals surface area contributed by atoms with Crippen molar-refractivity contribution in [1.82, 2.24) is 20.1 Å². The minimum Gasteiger partial charge on any atom is -0.472 e. The first-order valence-corrected chi connectivity index (χ1v) is 14.7. The molecule has 4 amide bonds. The molecule has 3 bridgehead atoms. The molecule has 222 valence electrons. The molecule has 4 saturated carbocycles. The van der Waals surface area contributed by atoms with Gasteiger partial charge in [-0.2, -0.15) is 5.26 Å². The van der Waals surface area contributed by atoms with Crippen LogP contribution in [-0.2, 0) is 19.1 Å². The monoisotopic (exact) mass is 576 g/mol. The van der Waals surface area contributed by atoms with E-state index in [1.807, 2.05) is 20.8 Å². The van der Waals surface area contributed by atoms with Crippen molar-refractivity contribution in [3.05, 3.63) is 18.3 Å². The third-order valence-electron chi connectivity index (χ3n) is 11.0. The highest BCUT2D eigenvalue weighted by atomic mass is 16.5. The van der Waals surface area contributed by atoms with E-state index >= 15 is 0 Å². The molecule has 4 heterocycles. The number of hydrogen-bond acceptors (Lipinski definition) is 8. The number of likely N-dealkylation sites (tertiary alicyclic amines) is 2. The zero-order valence-corrected chi connectivity index (χ0v) is 24.3. The average molecular weight is 577 g/mol. The normalized spacial score (nSPS) is 37.6. The van der Waals surface area contributed by atoms with Crippen LogP contribution in [0.25, 0.3) is 0 Å². The van der Waals surface area contributed by atoms with Gasteiger partial charge in [0.2, 0.25) is 17.4 Å². The van der Waals surface area contributed by atoms with Crippen LogP contribution in [0.4, 0.5) is 10.6 Å². The van der Waals surface area contributed by atoms with E-state index in [0.717, 1.165) is 19.3 Å². The number of carbonyl (C=O) groups is 4. The molecule has 3 aliphatic heterocycles. The number of amides is 4. The summed E-state index contributed by atoms with van der Waals surface area (Å²) in [6.45, 7) is 5.91. The number of alkyl carbamates (subject to hydrolysis) is 1. The van der Waals surface area contributed by atoms with Crippen molar-refractivity contribution in [3.8, 4) is 11.8 Å². The number of carbonyl (C=O) groups excluding carboxylic acids is 4. The third-order valence-corrected chi connectivity index (χ3v) is 11.0. The molecule has 7 aliphatic rings. The third kappa shape index (κ3) is 3.61. The maximum atomic E-state index is 14.7. The largest absolute Gasteiger partial charge is 0.472 e. The van der Waals surface area contributed by atoms with Crippen molar-refractivity contribution in [3.63, 3.8) is 0 Å². The minimum atomic E-state index is -1.44. The molecule has 12 heteroatoms. The molecule has 2 saturated heterocycles.